The molecule has 0 saturated carbocycles. The van der Waals surface area contributed by atoms with Crippen LogP contribution < -0.4 is 10.6 Å². The summed E-state index contributed by atoms with van der Waals surface area (Å²) in [6.45, 7) is 14.0. The second-order valence-corrected chi connectivity index (χ2v) is 16.1. The van der Waals surface area contributed by atoms with Crippen molar-refractivity contribution in [2.75, 3.05) is 6.61 Å². The summed E-state index contributed by atoms with van der Waals surface area (Å²) in [5, 5.41) is 15.3. The van der Waals surface area contributed by atoms with Crippen LogP contribution in [-0.2, 0) is 41.5 Å². The highest BCUT2D eigenvalue weighted by molar-refractivity contribution is 5.92. The van der Waals surface area contributed by atoms with Gasteiger partial charge in [-0.05, 0) is 93.7 Å². The third-order valence-electron chi connectivity index (χ3n) is 9.68. The Morgan fingerprint density at radius 3 is 1.85 bits per heavy atom. The number of ketones is 1. The number of amides is 2. The van der Waals surface area contributed by atoms with E-state index in [1.807, 2.05) is 62.4 Å². The van der Waals surface area contributed by atoms with Gasteiger partial charge in [0.2, 0.25) is 5.91 Å². The van der Waals surface area contributed by atoms with Crippen molar-refractivity contribution >= 4 is 29.7 Å². The Labute approximate surface area is 313 Å². The molecule has 0 aliphatic heterocycles. The smallest absolute Gasteiger partial charge is 0.407 e. The highest BCUT2D eigenvalue weighted by Crippen LogP contribution is 2.44. The van der Waals surface area contributed by atoms with E-state index in [1.165, 1.54) is 0 Å². The lowest BCUT2D eigenvalue weighted by Crippen LogP contribution is -2.44. The Morgan fingerprint density at radius 1 is 0.774 bits per heavy atom. The zero-order valence-electron chi connectivity index (χ0n) is 32.2. The quantitative estimate of drug-likeness (QED) is 0.131. The van der Waals surface area contributed by atoms with Gasteiger partial charge in [0.25, 0.3) is 0 Å². The third-order valence-corrected chi connectivity index (χ3v) is 9.68. The molecule has 10 nitrogen and oxygen atoms in total. The second kappa shape index (κ2) is 17.2. The minimum absolute atomic E-state index is 0.0755. The molecule has 0 bridgehead atoms. The first-order valence-corrected chi connectivity index (χ1v) is 18.3. The highest BCUT2D eigenvalue weighted by atomic mass is 16.6. The van der Waals surface area contributed by atoms with Crippen molar-refractivity contribution in [1.82, 2.24) is 10.6 Å². The number of rotatable bonds is 16. The zero-order chi connectivity index (χ0) is 39.1. The van der Waals surface area contributed by atoms with E-state index in [2.05, 4.69) is 34.9 Å². The van der Waals surface area contributed by atoms with Gasteiger partial charge in [0.05, 0.1) is 23.8 Å². The van der Waals surface area contributed by atoms with Crippen LogP contribution in [0.5, 0.6) is 0 Å². The number of carboxylic acid groups (broad SMARTS) is 1. The molecule has 3 aromatic carbocycles. The summed E-state index contributed by atoms with van der Waals surface area (Å²) in [6, 6.07) is 22.2. The summed E-state index contributed by atoms with van der Waals surface area (Å²) in [4.78, 5) is 64.0. The molecule has 3 N–H and O–H groups in total. The van der Waals surface area contributed by atoms with E-state index in [0.29, 0.717) is 6.42 Å². The molecule has 0 radical (unpaired) electrons. The molecule has 0 saturated heterocycles. The van der Waals surface area contributed by atoms with Gasteiger partial charge in [-0.25, -0.2) is 4.79 Å². The summed E-state index contributed by atoms with van der Waals surface area (Å²) >= 11 is 0. The number of carbonyl (C=O) groups is 5. The lowest BCUT2D eigenvalue weighted by molar-refractivity contribution is -0.148. The molecule has 0 heterocycles. The van der Waals surface area contributed by atoms with E-state index >= 15 is 0 Å². The Morgan fingerprint density at radius 2 is 1.32 bits per heavy atom. The minimum atomic E-state index is -1.09. The van der Waals surface area contributed by atoms with E-state index in [1.54, 1.807) is 41.5 Å². The topological polar surface area (TPSA) is 148 Å². The van der Waals surface area contributed by atoms with Gasteiger partial charge in [0, 0.05) is 18.4 Å². The minimum Gasteiger partial charge on any atom is -0.481 e. The first-order valence-electron chi connectivity index (χ1n) is 18.3. The van der Waals surface area contributed by atoms with E-state index in [0.717, 1.165) is 33.4 Å². The van der Waals surface area contributed by atoms with Gasteiger partial charge in [-0.1, -0.05) is 86.6 Å². The maximum absolute atomic E-state index is 13.4. The lowest BCUT2D eigenvalue weighted by atomic mass is 9.84. The van der Waals surface area contributed by atoms with Crippen molar-refractivity contribution in [3.8, 4) is 11.1 Å². The molecule has 0 aromatic heterocycles. The number of esters is 1. The highest BCUT2D eigenvalue weighted by Gasteiger charge is 2.33. The predicted molar refractivity (Wildman–Crippen MR) is 203 cm³/mol. The fraction of sp³-hybridized carbons (Fsp3) is 0.465. The second-order valence-electron chi connectivity index (χ2n) is 16.1. The van der Waals surface area contributed by atoms with Crippen LogP contribution in [0.2, 0.25) is 0 Å². The maximum atomic E-state index is 13.4. The van der Waals surface area contributed by atoms with E-state index < -0.39 is 47.0 Å². The number of alkyl carbamates (subject to hydrolysis) is 1. The molecule has 53 heavy (non-hydrogen) atoms. The molecular weight excluding hydrogens is 672 g/mol. The summed E-state index contributed by atoms with van der Waals surface area (Å²) in [5.41, 5.74) is 4.28. The predicted octanol–water partition coefficient (Wildman–Crippen LogP) is 7.26. The number of aliphatic carboxylic acids is 1. The van der Waals surface area contributed by atoms with Gasteiger partial charge in [0.15, 0.2) is 5.78 Å². The van der Waals surface area contributed by atoms with Crippen LogP contribution in [0.15, 0.2) is 72.8 Å². The van der Waals surface area contributed by atoms with E-state index in [4.69, 9.17) is 9.47 Å². The summed E-state index contributed by atoms with van der Waals surface area (Å²) < 4.78 is 11.2. The van der Waals surface area contributed by atoms with Crippen molar-refractivity contribution in [1.29, 1.82) is 0 Å². The molecule has 2 amide bonds. The van der Waals surface area contributed by atoms with E-state index in [-0.39, 0.29) is 49.4 Å². The Bertz CT molecular complexity index is 1740. The fourth-order valence-electron chi connectivity index (χ4n) is 6.67. The summed E-state index contributed by atoms with van der Waals surface area (Å²) in [5.74, 6) is -2.92. The van der Waals surface area contributed by atoms with Crippen molar-refractivity contribution in [3.63, 3.8) is 0 Å². The van der Waals surface area contributed by atoms with Gasteiger partial charge in [-0.3, -0.25) is 19.2 Å². The van der Waals surface area contributed by atoms with Crippen LogP contribution >= 0.6 is 0 Å². The monoisotopic (exact) mass is 726 g/mol. The summed E-state index contributed by atoms with van der Waals surface area (Å²) in [7, 11) is 0. The number of benzene rings is 3. The Balaban J connectivity index is 1.31. The molecule has 1 aliphatic rings. The first-order chi connectivity index (χ1) is 24.8. The summed E-state index contributed by atoms with van der Waals surface area (Å²) in [6.07, 6.45) is -0.115. The molecule has 0 spiro atoms. The van der Waals surface area contributed by atoms with Gasteiger partial charge in [0.1, 0.15) is 12.2 Å². The van der Waals surface area contributed by atoms with Gasteiger partial charge in [-0.15, -0.1) is 0 Å². The standard InChI is InChI=1S/C43H54N2O8/c1-26(2)35(23-38(47)52-25-36-33-15-11-9-13-31(33)32-14-10-12-16-34(32)36)39(48)44-27(3)37(46)22-29-19-17-28(18-20-29)21-30(24-43(7,8)40(49)50)45-41(51)53-42(4,5)6/h9-20,26-27,30,35-36H,21-25H2,1-8H3,(H,44,48)(H,45,51)(H,49,50)/t27-,30-,35-/m0/s1. The van der Waals surface area contributed by atoms with Crippen LogP contribution in [-0.4, -0.2) is 59.1 Å². The number of hydrogen-bond acceptors (Lipinski definition) is 7. The number of hydrogen-bond donors (Lipinski definition) is 3. The average molecular weight is 727 g/mol. The molecule has 0 unspecified atom stereocenters. The molecule has 1 aliphatic carbocycles. The van der Waals surface area contributed by atoms with E-state index in [9.17, 15) is 29.1 Å². The first kappa shape index (κ1) is 40.8. The number of ether oxygens (including phenoxy) is 2. The number of fused-ring (bicyclic) bond motifs is 3. The fourth-order valence-corrected chi connectivity index (χ4v) is 6.67. The van der Waals surface area contributed by atoms with Crippen LogP contribution in [0.3, 0.4) is 0 Å². The number of carboxylic acids is 1. The third kappa shape index (κ3) is 11.2. The van der Waals surface area contributed by atoms with Crippen molar-refractivity contribution < 1.29 is 38.6 Å². The van der Waals surface area contributed by atoms with Crippen LogP contribution in [0.4, 0.5) is 4.79 Å². The largest absolute Gasteiger partial charge is 0.481 e. The van der Waals surface area contributed by atoms with Crippen molar-refractivity contribution in [2.24, 2.45) is 17.3 Å². The van der Waals surface area contributed by atoms with Crippen molar-refractivity contribution in [3.05, 3.63) is 95.1 Å². The average Bonchev–Trinajstić information content (AvgIpc) is 3.39. The molecular formula is C43H54N2O8. The maximum Gasteiger partial charge on any atom is 0.407 e. The van der Waals surface area contributed by atoms with Crippen LogP contribution in [0, 0.1) is 17.3 Å². The number of Topliss-reactive ketones (excluding diaryl/α,β-unsaturated/α-hetero) is 1. The lowest BCUT2D eigenvalue weighted by Gasteiger charge is -2.28. The molecule has 284 valence electrons. The number of nitrogens with one attached hydrogen (secondary N) is 2. The molecule has 3 aromatic rings. The molecule has 10 heteroatoms. The van der Waals surface area contributed by atoms with Gasteiger partial charge < -0.3 is 25.2 Å². The SMILES string of the molecule is CC(C)[C@H](CC(=O)OCC1c2ccccc2-c2ccccc21)C(=O)N[C@@H](C)C(=O)Cc1ccc(C[C@@H](CC(C)(C)C(=O)O)NC(=O)OC(C)(C)C)cc1. The Kier molecular flexibility index (Phi) is 13.3. The molecule has 0 fully saturated rings. The Hall–Kier alpha value is -4.99. The normalized spacial score (nSPS) is 14.4. The molecule has 4 rings (SSSR count). The van der Waals surface area contributed by atoms with Gasteiger partial charge in [-0.2, -0.15) is 0 Å². The van der Waals surface area contributed by atoms with Crippen molar-refractivity contribution in [2.45, 2.75) is 105 Å². The van der Waals surface area contributed by atoms with Crippen LogP contribution in [0.25, 0.3) is 11.1 Å². The molecule has 3 atom stereocenters. The zero-order valence-corrected chi connectivity index (χ0v) is 32.2. The number of carbonyl (C=O) groups excluding carboxylic acids is 4. The van der Waals surface area contributed by atoms with Gasteiger partial charge >= 0.3 is 18.0 Å². The van der Waals surface area contributed by atoms with Crippen LogP contribution in [0.1, 0.15) is 96.4 Å².